The van der Waals surface area contributed by atoms with Gasteiger partial charge in [-0.25, -0.2) is 0 Å². The Morgan fingerprint density at radius 3 is 2.81 bits per heavy atom. The number of nitrogens with two attached hydrogens (primary N) is 1. The summed E-state index contributed by atoms with van der Waals surface area (Å²) in [5, 5.41) is 0. The van der Waals surface area contributed by atoms with Crippen LogP contribution in [0.3, 0.4) is 0 Å². The van der Waals surface area contributed by atoms with Gasteiger partial charge in [-0.2, -0.15) is 0 Å². The third kappa shape index (κ3) is 3.81. The number of carbonyl (C=O) groups excluding carboxylic acids is 2. The van der Waals surface area contributed by atoms with Crippen LogP contribution < -0.4 is 10.5 Å². The molecule has 2 heterocycles. The number of fused-ring (bicyclic) bond motifs is 1. The van der Waals surface area contributed by atoms with E-state index in [9.17, 15) is 9.59 Å². The molecule has 1 aromatic rings. The van der Waals surface area contributed by atoms with Crippen LogP contribution in [0.15, 0.2) is 18.2 Å². The molecule has 2 atom stereocenters. The molecule has 0 bridgehead atoms. The van der Waals surface area contributed by atoms with E-state index in [0.717, 1.165) is 18.4 Å². The van der Waals surface area contributed by atoms with Crippen molar-refractivity contribution in [3.63, 3.8) is 0 Å². The Kier molecular flexibility index (Phi) is 6.89. The lowest BCUT2D eigenvalue weighted by Crippen LogP contribution is -2.57. The predicted octanol–water partition coefficient (Wildman–Crippen LogP) is 1.84. The molecular formula is C19H28ClN3O3. The number of piperidine rings is 2. The van der Waals surface area contributed by atoms with E-state index in [4.69, 9.17) is 10.5 Å². The highest BCUT2D eigenvalue weighted by Gasteiger charge is 2.40. The van der Waals surface area contributed by atoms with Gasteiger partial charge in [0.15, 0.2) is 0 Å². The molecule has 0 unspecified atom stereocenters. The largest absolute Gasteiger partial charge is 0.496 e. The number of methoxy groups -OCH3 is 1. The van der Waals surface area contributed by atoms with E-state index in [1.54, 1.807) is 7.11 Å². The van der Waals surface area contributed by atoms with Crippen molar-refractivity contribution >= 4 is 24.2 Å². The summed E-state index contributed by atoms with van der Waals surface area (Å²) in [6, 6.07) is 5.88. The molecule has 0 spiro atoms. The maximum absolute atomic E-state index is 13.1. The standard InChI is InChI=1S/C19H27N3O3.ClH/c1-13-4-3-5-16(25-2)18(13)19(24)21-10-8-15-14(12-21)6-7-17(23)22(15)11-9-20;/h3-5,14-15H,6-12,20H2,1-2H3;1H/t14-,15+;/m0./s1. The molecule has 1 aromatic carbocycles. The van der Waals surface area contributed by atoms with Crippen LogP contribution in [0.4, 0.5) is 0 Å². The first-order valence-corrected chi connectivity index (χ1v) is 8.99. The zero-order chi connectivity index (χ0) is 18.0. The Morgan fingerprint density at radius 1 is 1.35 bits per heavy atom. The molecule has 2 aliphatic heterocycles. The fraction of sp³-hybridized carbons (Fsp3) is 0.579. The van der Waals surface area contributed by atoms with Gasteiger partial charge < -0.3 is 20.3 Å². The number of halogens is 1. The summed E-state index contributed by atoms with van der Waals surface area (Å²) in [6.45, 7) is 4.38. The van der Waals surface area contributed by atoms with E-state index in [1.807, 2.05) is 34.9 Å². The third-order valence-electron chi connectivity index (χ3n) is 5.47. The van der Waals surface area contributed by atoms with Crippen molar-refractivity contribution in [2.24, 2.45) is 11.7 Å². The second-order valence-corrected chi connectivity index (χ2v) is 6.93. The summed E-state index contributed by atoms with van der Waals surface area (Å²) >= 11 is 0. The summed E-state index contributed by atoms with van der Waals surface area (Å²) in [5.74, 6) is 1.18. The molecule has 2 amide bonds. The number of hydrogen-bond acceptors (Lipinski definition) is 4. The molecule has 2 N–H and O–H groups in total. The van der Waals surface area contributed by atoms with Crippen molar-refractivity contribution in [3.8, 4) is 5.75 Å². The molecule has 26 heavy (non-hydrogen) atoms. The summed E-state index contributed by atoms with van der Waals surface area (Å²) in [6.07, 6.45) is 2.21. The number of amides is 2. The smallest absolute Gasteiger partial charge is 0.257 e. The molecule has 0 saturated carbocycles. The van der Waals surface area contributed by atoms with Gasteiger partial charge in [-0.3, -0.25) is 9.59 Å². The molecule has 0 aromatic heterocycles. The van der Waals surface area contributed by atoms with Gasteiger partial charge in [0, 0.05) is 38.6 Å². The minimum Gasteiger partial charge on any atom is -0.496 e. The number of benzene rings is 1. The molecule has 6 nitrogen and oxygen atoms in total. The minimum atomic E-state index is 0. The van der Waals surface area contributed by atoms with Gasteiger partial charge in [0.25, 0.3) is 5.91 Å². The van der Waals surface area contributed by atoms with Crippen molar-refractivity contribution in [1.82, 2.24) is 9.80 Å². The van der Waals surface area contributed by atoms with E-state index < -0.39 is 0 Å². The second kappa shape index (κ2) is 8.73. The van der Waals surface area contributed by atoms with Crippen LogP contribution in [0.1, 0.15) is 35.2 Å². The third-order valence-corrected chi connectivity index (χ3v) is 5.47. The zero-order valence-electron chi connectivity index (χ0n) is 15.4. The van der Waals surface area contributed by atoms with Crippen molar-refractivity contribution < 1.29 is 14.3 Å². The van der Waals surface area contributed by atoms with Gasteiger partial charge >= 0.3 is 0 Å². The molecule has 0 aliphatic carbocycles. The highest BCUT2D eigenvalue weighted by atomic mass is 35.5. The van der Waals surface area contributed by atoms with Crippen LogP contribution in [-0.2, 0) is 4.79 Å². The van der Waals surface area contributed by atoms with E-state index >= 15 is 0 Å². The average molecular weight is 382 g/mol. The molecule has 7 heteroatoms. The monoisotopic (exact) mass is 381 g/mol. The molecule has 3 rings (SSSR count). The summed E-state index contributed by atoms with van der Waals surface area (Å²) < 4.78 is 5.39. The minimum absolute atomic E-state index is 0. The first kappa shape index (κ1) is 20.5. The van der Waals surface area contributed by atoms with Gasteiger partial charge in [-0.05, 0) is 37.3 Å². The summed E-state index contributed by atoms with van der Waals surface area (Å²) in [4.78, 5) is 29.1. The SMILES string of the molecule is COc1cccc(C)c1C(=O)N1CC[C@@H]2[C@@H](CCC(=O)N2CCN)C1.Cl. The molecule has 2 aliphatic rings. The molecule has 2 saturated heterocycles. The number of hydrogen-bond donors (Lipinski definition) is 1. The highest BCUT2D eigenvalue weighted by molar-refractivity contribution is 5.98. The van der Waals surface area contributed by atoms with Crippen LogP contribution in [0.2, 0.25) is 0 Å². The van der Waals surface area contributed by atoms with Gasteiger partial charge in [-0.15, -0.1) is 12.4 Å². The van der Waals surface area contributed by atoms with Crippen molar-refractivity contribution in [1.29, 1.82) is 0 Å². The average Bonchev–Trinajstić information content (AvgIpc) is 2.63. The Morgan fingerprint density at radius 2 is 2.12 bits per heavy atom. The maximum atomic E-state index is 13.1. The zero-order valence-corrected chi connectivity index (χ0v) is 16.3. The van der Waals surface area contributed by atoms with E-state index in [2.05, 4.69) is 0 Å². The van der Waals surface area contributed by atoms with Crippen molar-refractivity contribution in [2.45, 2.75) is 32.2 Å². The second-order valence-electron chi connectivity index (χ2n) is 6.93. The normalized spacial score (nSPS) is 22.5. The fourth-order valence-corrected chi connectivity index (χ4v) is 4.21. The number of nitrogens with zero attached hydrogens (tertiary/aromatic N) is 2. The lowest BCUT2D eigenvalue weighted by atomic mass is 9.83. The first-order valence-electron chi connectivity index (χ1n) is 8.99. The molecular weight excluding hydrogens is 354 g/mol. The van der Waals surface area contributed by atoms with E-state index in [1.165, 1.54) is 0 Å². The van der Waals surface area contributed by atoms with Crippen LogP contribution >= 0.6 is 12.4 Å². The quantitative estimate of drug-likeness (QED) is 0.863. The Labute approximate surface area is 161 Å². The summed E-state index contributed by atoms with van der Waals surface area (Å²) in [5.41, 5.74) is 7.24. The number of aryl methyl sites for hydroxylation is 1. The topological polar surface area (TPSA) is 75.9 Å². The summed E-state index contributed by atoms with van der Waals surface area (Å²) in [7, 11) is 1.59. The van der Waals surface area contributed by atoms with Gasteiger partial charge in [-0.1, -0.05) is 12.1 Å². The van der Waals surface area contributed by atoms with Crippen LogP contribution in [0.25, 0.3) is 0 Å². The Hall–Kier alpha value is -1.79. The highest BCUT2D eigenvalue weighted by Crippen LogP contribution is 2.33. The first-order chi connectivity index (χ1) is 12.1. The van der Waals surface area contributed by atoms with Crippen molar-refractivity contribution in [3.05, 3.63) is 29.3 Å². The fourth-order valence-electron chi connectivity index (χ4n) is 4.21. The van der Waals surface area contributed by atoms with Gasteiger partial charge in [0.2, 0.25) is 5.91 Å². The van der Waals surface area contributed by atoms with Crippen molar-refractivity contribution in [2.75, 3.05) is 33.3 Å². The van der Waals surface area contributed by atoms with Crippen LogP contribution in [0, 0.1) is 12.8 Å². The Bertz CT molecular complexity index is 667. The lowest BCUT2D eigenvalue weighted by Gasteiger charge is -2.47. The lowest BCUT2D eigenvalue weighted by molar-refractivity contribution is -0.140. The number of rotatable bonds is 4. The van der Waals surface area contributed by atoms with Gasteiger partial charge in [0.05, 0.1) is 12.7 Å². The molecule has 144 valence electrons. The molecule has 0 radical (unpaired) electrons. The van der Waals surface area contributed by atoms with Gasteiger partial charge in [0.1, 0.15) is 5.75 Å². The number of ether oxygens (including phenoxy) is 1. The van der Waals surface area contributed by atoms with Crippen LogP contribution in [-0.4, -0.2) is 60.9 Å². The Balaban J connectivity index is 0.00000243. The van der Waals surface area contributed by atoms with E-state index in [-0.39, 0.29) is 30.3 Å². The number of carbonyl (C=O) groups is 2. The van der Waals surface area contributed by atoms with Crippen LogP contribution in [0.5, 0.6) is 5.75 Å². The maximum Gasteiger partial charge on any atom is 0.257 e. The number of likely N-dealkylation sites (tertiary alicyclic amines) is 2. The van der Waals surface area contributed by atoms with E-state index in [0.29, 0.717) is 49.8 Å². The predicted molar refractivity (Wildman–Crippen MR) is 103 cm³/mol. The molecule has 2 fully saturated rings.